The third-order valence-corrected chi connectivity index (χ3v) is 9.09. The zero-order valence-corrected chi connectivity index (χ0v) is 25.1. The van der Waals surface area contributed by atoms with Crippen LogP contribution in [0.15, 0.2) is 24.3 Å². The first-order chi connectivity index (χ1) is 18.5. The molecule has 8 nitrogen and oxygen atoms in total. The number of aliphatic carboxylic acids is 1. The van der Waals surface area contributed by atoms with Crippen LogP contribution in [-0.2, 0) is 16.6 Å². The van der Waals surface area contributed by atoms with Gasteiger partial charge in [-0.1, -0.05) is 19.8 Å². The van der Waals surface area contributed by atoms with Crippen LogP contribution in [0.1, 0.15) is 69.9 Å². The average molecular weight is 641 g/mol. The van der Waals surface area contributed by atoms with Crippen molar-refractivity contribution < 1.29 is 19.4 Å². The highest BCUT2D eigenvalue weighted by Gasteiger charge is 2.42. The number of hydrogen-bond donors (Lipinski definition) is 1. The summed E-state index contributed by atoms with van der Waals surface area (Å²) in [6, 6.07) is 7.96. The van der Waals surface area contributed by atoms with Gasteiger partial charge in [-0.15, -0.1) is 5.10 Å². The van der Waals surface area contributed by atoms with Crippen molar-refractivity contribution >= 4 is 57.0 Å². The number of benzene rings is 1. The summed E-state index contributed by atoms with van der Waals surface area (Å²) in [6.07, 6.45) is 3.79. The molecule has 2 fully saturated rings. The van der Waals surface area contributed by atoms with Gasteiger partial charge in [-0.05, 0) is 121 Å². The number of halogens is 1. The second-order valence-electron chi connectivity index (χ2n) is 11.3. The van der Waals surface area contributed by atoms with Gasteiger partial charge in [-0.3, -0.25) is 19.2 Å². The number of nitrogens with zero attached hydrogens (tertiary/aromatic N) is 4. The minimum atomic E-state index is -0.760. The number of fused-ring (bicyclic) bond motifs is 1. The van der Waals surface area contributed by atoms with Crippen LogP contribution in [0.2, 0.25) is 0 Å². The van der Waals surface area contributed by atoms with E-state index >= 15 is 0 Å². The van der Waals surface area contributed by atoms with Crippen LogP contribution >= 0.6 is 22.6 Å². The van der Waals surface area contributed by atoms with Crippen LogP contribution in [0.3, 0.4) is 0 Å². The maximum Gasteiger partial charge on any atom is 0.308 e. The lowest BCUT2D eigenvalue weighted by Gasteiger charge is -2.39. The number of carbonyl (C=O) groups excluding carboxylic acids is 1. The van der Waals surface area contributed by atoms with Gasteiger partial charge in [0.05, 0.1) is 17.1 Å². The summed E-state index contributed by atoms with van der Waals surface area (Å²) in [5.41, 5.74) is 3.98. The highest BCUT2D eigenvalue weighted by molar-refractivity contribution is 14.1. The Morgan fingerprint density at radius 1 is 1.21 bits per heavy atom. The van der Waals surface area contributed by atoms with E-state index in [2.05, 4.69) is 51.7 Å². The van der Waals surface area contributed by atoms with Crippen molar-refractivity contribution in [1.82, 2.24) is 14.8 Å². The third kappa shape index (κ3) is 5.36. The average Bonchev–Trinajstić information content (AvgIpc) is 3.66. The number of carbonyl (C=O) groups is 2. The van der Waals surface area contributed by atoms with Crippen molar-refractivity contribution in [2.45, 2.75) is 71.8 Å². The number of aromatic nitrogens is 3. The molecule has 1 amide bonds. The molecule has 0 spiro atoms. The summed E-state index contributed by atoms with van der Waals surface area (Å²) in [4.78, 5) is 31.7. The Morgan fingerprint density at radius 2 is 1.95 bits per heavy atom. The molecule has 0 bridgehead atoms. The number of aryl methyl sites for hydroxylation is 2. The maximum atomic E-state index is 13.4. The molecule has 3 aromatic rings. The molecule has 2 atom stereocenters. The monoisotopic (exact) mass is 640 g/mol. The van der Waals surface area contributed by atoms with E-state index in [0.717, 1.165) is 35.2 Å². The Kier molecular flexibility index (Phi) is 7.35. The topological polar surface area (TPSA) is 97.6 Å². The molecule has 2 saturated carbocycles. The molecule has 9 heteroatoms. The highest BCUT2D eigenvalue weighted by atomic mass is 127. The fraction of sp³-hybridized carbons (Fsp3) is 0.467. The van der Waals surface area contributed by atoms with E-state index in [1.54, 1.807) is 16.5 Å². The van der Waals surface area contributed by atoms with E-state index < -0.39 is 17.3 Å². The van der Waals surface area contributed by atoms with Crippen LogP contribution in [-0.4, -0.2) is 37.9 Å². The van der Waals surface area contributed by atoms with E-state index in [1.165, 1.54) is 3.57 Å². The standard InChI is InChI=1S/C30H33IN4O4/c1-6-7-26(36)35(24-14-17(2)22(31)15-20(24)18-8-9-18)25-13-12-23-27(32-25)28(33-34(23)5)39-19-10-11-21(29(37)38)30(3,4)16-19/h12-15,18-19,21H,8-11,16H2,1-5H3,(H,37,38)/t19-,21+/m1/s1. The summed E-state index contributed by atoms with van der Waals surface area (Å²) in [7, 11) is 1.83. The third-order valence-electron chi connectivity index (χ3n) is 7.93. The summed E-state index contributed by atoms with van der Waals surface area (Å²) >= 11 is 2.34. The second kappa shape index (κ2) is 10.5. The predicted molar refractivity (Wildman–Crippen MR) is 158 cm³/mol. The molecular formula is C30H33IN4O4. The summed E-state index contributed by atoms with van der Waals surface area (Å²) in [5, 5.41) is 14.2. The molecule has 2 aliphatic carbocycles. The molecule has 2 heterocycles. The van der Waals surface area contributed by atoms with Gasteiger partial charge in [0.25, 0.3) is 5.88 Å². The highest BCUT2D eigenvalue weighted by Crippen LogP contribution is 2.47. The van der Waals surface area contributed by atoms with Gasteiger partial charge in [0.2, 0.25) is 0 Å². The Labute approximate surface area is 242 Å². The Bertz CT molecular complexity index is 1530. The van der Waals surface area contributed by atoms with Crippen LogP contribution in [0.25, 0.3) is 11.0 Å². The van der Waals surface area contributed by atoms with Crippen molar-refractivity contribution in [3.05, 3.63) is 39.0 Å². The van der Waals surface area contributed by atoms with Gasteiger partial charge < -0.3 is 9.84 Å². The van der Waals surface area contributed by atoms with Crippen LogP contribution < -0.4 is 9.64 Å². The smallest absolute Gasteiger partial charge is 0.308 e. The van der Waals surface area contributed by atoms with Crippen molar-refractivity contribution in [1.29, 1.82) is 0 Å². The van der Waals surface area contributed by atoms with Gasteiger partial charge >= 0.3 is 11.9 Å². The molecule has 0 unspecified atom stereocenters. The summed E-state index contributed by atoms with van der Waals surface area (Å²) in [5.74, 6) is 5.23. The molecule has 0 radical (unpaired) electrons. The number of carboxylic acid groups (broad SMARTS) is 1. The first-order valence-electron chi connectivity index (χ1n) is 13.3. The van der Waals surface area contributed by atoms with Gasteiger partial charge in [-0.2, -0.15) is 0 Å². The molecule has 0 aliphatic heterocycles. The fourth-order valence-corrected chi connectivity index (χ4v) is 6.18. The lowest BCUT2D eigenvalue weighted by molar-refractivity contribution is -0.149. The van der Waals surface area contributed by atoms with Crippen LogP contribution in [0.5, 0.6) is 5.88 Å². The quantitative estimate of drug-likeness (QED) is 0.258. The number of hydrogen-bond acceptors (Lipinski definition) is 5. The van der Waals surface area contributed by atoms with E-state index in [4.69, 9.17) is 9.72 Å². The molecule has 2 aliphatic rings. The summed E-state index contributed by atoms with van der Waals surface area (Å²) in [6.45, 7) is 7.65. The summed E-state index contributed by atoms with van der Waals surface area (Å²) < 4.78 is 9.27. The number of carboxylic acids is 1. The Balaban J connectivity index is 1.55. The number of rotatable bonds is 6. The van der Waals surface area contributed by atoms with Gasteiger partial charge in [0, 0.05) is 10.6 Å². The van der Waals surface area contributed by atoms with Gasteiger partial charge in [0.15, 0.2) is 5.52 Å². The van der Waals surface area contributed by atoms with Crippen LogP contribution in [0, 0.1) is 33.7 Å². The fourth-order valence-electron chi connectivity index (χ4n) is 5.69. The van der Waals surface area contributed by atoms with E-state index in [-0.39, 0.29) is 12.0 Å². The number of ether oxygens (including phenoxy) is 1. The maximum absolute atomic E-state index is 13.4. The van der Waals surface area contributed by atoms with E-state index in [0.29, 0.717) is 42.4 Å². The lowest BCUT2D eigenvalue weighted by atomic mass is 9.68. The predicted octanol–water partition coefficient (Wildman–Crippen LogP) is 6.11. The number of anilines is 2. The Hall–Kier alpha value is -3.13. The zero-order chi connectivity index (χ0) is 28.1. The van der Waals surface area contributed by atoms with E-state index in [1.807, 2.05) is 40.0 Å². The van der Waals surface area contributed by atoms with Crippen LogP contribution in [0.4, 0.5) is 11.5 Å². The molecule has 5 rings (SSSR count). The molecule has 1 aromatic carbocycles. The van der Waals surface area contributed by atoms with Crippen molar-refractivity contribution in [2.75, 3.05) is 4.90 Å². The van der Waals surface area contributed by atoms with Gasteiger partial charge in [-0.25, -0.2) is 4.98 Å². The normalized spacial score (nSPS) is 20.3. The molecule has 204 valence electrons. The minimum absolute atomic E-state index is 0.178. The largest absolute Gasteiger partial charge is 0.481 e. The SMILES string of the molecule is CC#CC(=O)N(c1ccc2c(n1)c(O[C@@H]1CC[C@@H](C(=O)O)C(C)(C)C1)nn2C)c1cc(C)c(I)cc1C1CC1. The first-order valence-corrected chi connectivity index (χ1v) is 14.4. The second-order valence-corrected chi connectivity index (χ2v) is 12.5. The van der Waals surface area contributed by atoms with Crippen molar-refractivity contribution in [3.63, 3.8) is 0 Å². The number of amides is 1. The van der Waals surface area contributed by atoms with Crippen molar-refractivity contribution in [2.24, 2.45) is 18.4 Å². The molecule has 2 aromatic heterocycles. The first kappa shape index (κ1) is 27.4. The lowest BCUT2D eigenvalue weighted by Crippen LogP contribution is -2.41. The zero-order valence-electron chi connectivity index (χ0n) is 22.9. The Morgan fingerprint density at radius 3 is 2.59 bits per heavy atom. The minimum Gasteiger partial charge on any atom is -0.481 e. The molecule has 0 saturated heterocycles. The molecule has 39 heavy (non-hydrogen) atoms. The van der Waals surface area contributed by atoms with E-state index in [9.17, 15) is 14.7 Å². The molecule has 1 N–H and O–H groups in total. The van der Waals surface area contributed by atoms with Gasteiger partial charge in [0.1, 0.15) is 11.9 Å². The molecular weight excluding hydrogens is 607 g/mol. The van der Waals surface area contributed by atoms with Crippen molar-refractivity contribution in [3.8, 4) is 17.7 Å². The number of pyridine rings is 1.